The standard InChI is InChI=1S/C16H25Cl2N/c1-5-16(6-2,11-19-12(3)4)10-13-8-7-9-14(17)15(13)18/h7-9,12,19H,5-6,10-11H2,1-4H3. The van der Waals surface area contributed by atoms with Gasteiger partial charge in [-0.05, 0) is 36.3 Å². The Hall–Kier alpha value is -0.240. The summed E-state index contributed by atoms with van der Waals surface area (Å²) in [5, 5.41) is 4.92. The van der Waals surface area contributed by atoms with Gasteiger partial charge in [-0.2, -0.15) is 0 Å². The minimum atomic E-state index is 0.249. The zero-order chi connectivity index (χ0) is 14.5. The van der Waals surface area contributed by atoms with Gasteiger partial charge in [0, 0.05) is 12.6 Å². The van der Waals surface area contributed by atoms with Gasteiger partial charge < -0.3 is 5.32 Å². The Morgan fingerprint density at radius 3 is 2.32 bits per heavy atom. The molecule has 0 fully saturated rings. The van der Waals surface area contributed by atoms with Gasteiger partial charge in [-0.25, -0.2) is 0 Å². The maximum atomic E-state index is 6.32. The quantitative estimate of drug-likeness (QED) is 0.717. The van der Waals surface area contributed by atoms with Gasteiger partial charge >= 0.3 is 0 Å². The summed E-state index contributed by atoms with van der Waals surface area (Å²) < 4.78 is 0. The van der Waals surface area contributed by atoms with Crippen molar-refractivity contribution in [1.82, 2.24) is 5.32 Å². The molecule has 1 aromatic rings. The number of rotatable bonds is 7. The monoisotopic (exact) mass is 301 g/mol. The Kier molecular flexibility index (Phi) is 6.65. The predicted molar refractivity (Wildman–Crippen MR) is 86.3 cm³/mol. The molecule has 0 saturated carbocycles. The third kappa shape index (κ3) is 4.66. The SMILES string of the molecule is CCC(CC)(CNC(C)C)Cc1cccc(Cl)c1Cl. The molecule has 108 valence electrons. The van der Waals surface area contributed by atoms with E-state index in [1.807, 2.05) is 12.1 Å². The second-order valence-corrected chi connectivity index (χ2v) is 6.42. The number of nitrogens with one attached hydrogen (secondary N) is 1. The minimum Gasteiger partial charge on any atom is -0.314 e. The fourth-order valence-corrected chi connectivity index (χ4v) is 2.71. The van der Waals surface area contributed by atoms with E-state index >= 15 is 0 Å². The van der Waals surface area contributed by atoms with Crippen molar-refractivity contribution in [3.8, 4) is 0 Å². The van der Waals surface area contributed by atoms with Crippen molar-refractivity contribution < 1.29 is 0 Å². The minimum absolute atomic E-state index is 0.249. The average molecular weight is 302 g/mol. The second-order valence-electron chi connectivity index (χ2n) is 5.63. The second kappa shape index (κ2) is 7.52. The van der Waals surface area contributed by atoms with E-state index in [0.29, 0.717) is 16.1 Å². The number of halogens is 2. The molecular formula is C16H25Cl2N. The molecule has 0 aliphatic rings. The molecule has 0 aromatic heterocycles. The highest BCUT2D eigenvalue weighted by atomic mass is 35.5. The third-order valence-corrected chi connectivity index (χ3v) is 4.84. The summed E-state index contributed by atoms with van der Waals surface area (Å²) >= 11 is 12.4. The van der Waals surface area contributed by atoms with Gasteiger partial charge in [0.05, 0.1) is 10.0 Å². The average Bonchev–Trinajstić information content (AvgIpc) is 2.39. The zero-order valence-corrected chi connectivity index (χ0v) is 13.9. The van der Waals surface area contributed by atoms with Crippen LogP contribution >= 0.6 is 23.2 Å². The molecule has 0 saturated heterocycles. The third-order valence-electron chi connectivity index (χ3n) is 3.98. The van der Waals surface area contributed by atoms with E-state index in [4.69, 9.17) is 23.2 Å². The Morgan fingerprint density at radius 2 is 1.79 bits per heavy atom. The lowest BCUT2D eigenvalue weighted by atomic mass is 9.76. The van der Waals surface area contributed by atoms with Crippen LogP contribution < -0.4 is 5.32 Å². The van der Waals surface area contributed by atoms with E-state index in [0.717, 1.165) is 31.4 Å². The van der Waals surface area contributed by atoms with Crippen LogP contribution in [0, 0.1) is 5.41 Å². The van der Waals surface area contributed by atoms with Crippen molar-refractivity contribution in [2.24, 2.45) is 5.41 Å². The molecule has 0 unspecified atom stereocenters. The van der Waals surface area contributed by atoms with Crippen molar-refractivity contribution in [3.05, 3.63) is 33.8 Å². The van der Waals surface area contributed by atoms with Gasteiger partial charge in [0.15, 0.2) is 0 Å². The van der Waals surface area contributed by atoms with Crippen LogP contribution in [-0.2, 0) is 6.42 Å². The van der Waals surface area contributed by atoms with Crippen LogP contribution in [0.5, 0.6) is 0 Å². The van der Waals surface area contributed by atoms with E-state index < -0.39 is 0 Å². The molecule has 0 bridgehead atoms. The van der Waals surface area contributed by atoms with Crippen LogP contribution in [0.4, 0.5) is 0 Å². The highest BCUT2D eigenvalue weighted by Crippen LogP contribution is 2.35. The van der Waals surface area contributed by atoms with Crippen molar-refractivity contribution in [2.45, 2.75) is 53.0 Å². The summed E-state index contributed by atoms with van der Waals surface area (Å²) in [7, 11) is 0. The Labute approximate surface area is 127 Å². The first-order valence-corrected chi connectivity index (χ1v) is 7.86. The van der Waals surface area contributed by atoms with Gasteiger partial charge in [-0.3, -0.25) is 0 Å². The summed E-state index contributed by atoms with van der Waals surface area (Å²) in [6.07, 6.45) is 3.23. The molecule has 1 nitrogen and oxygen atoms in total. The molecule has 1 aromatic carbocycles. The lowest BCUT2D eigenvalue weighted by Crippen LogP contribution is -2.38. The summed E-state index contributed by atoms with van der Waals surface area (Å²) in [6, 6.07) is 6.42. The Morgan fingerprint density at radius 1 is 1.16 bits per heavy atom. The van der Waals surface area contributed by atoms with Gasteiger partial charge in [0.25, 0.3) is 0 Å². The normalized spacial score (nSPS) is 12.2. The van der Waals surface area contributed by atoms with Crippen molar-refractivity contribution in [3.63, 3.8) is 0 Å². The van der Waals surface area contributed by atoms with Gasteiger partial charge in [-0.1, -0.05) is 63.0 Å². The largest absolute Gasteiger partial charge is 0.314 e. The fraction of sp³-hybridized carbons (Fsp3) is 0.625. The molecule has 0 atom stereocenters. The maximum absolute atomic E-state index is 6.32. The highest BCUT2D eigenvalue weighted by Gasteiger charge is 2.27. The first kappa shape index (κ1) is 16.8. The molecule has 19 heavy (non-hydrogen) atoms. The summed E-state index contributed by atoms with van der Waals surface area (Å²) in [5.74, 6) is 0. The Balaban J connectivity index is 2.91. The molecule has 0 amide bonds. The molecule has 0 radical (unpaired) electrons. The molecule has 0 aliphatic heterocycles. The van der Waals surface area contributed by atoms with E-state index in [1.165, 1.54) is 0 Å². The summed E-state index contributed by atoms with van der Waals surface area (Å²) in [4.78, 5) is 0. The van der Waals surface area contributed by atoms with Crippen LogP contribution in [0.25, 0.3) is 0 Å². The molecular weight excluding hydrogens is 277 g/mol. The maximum Gasteiger partial charge on any atom is 0.0624 e. The highest BCUT2D eigenvalue weighted by molar-refractivity contribution is 6.42. The molecule has 0 heterocycles. The van der Waals surface area contributed by atoms with Crippen molar-refractivity contribution >= 4 is 23.2 Å². The van der Waals surface area contributed by atoms with E-state index in [-0.39, 0.29) is 5.41 Å². The smallest absolute Gasteiger partial charge is 0.0624 e. The zero-order valence-electron chi connectivity index (χ0n) is 12.4. The molecule has 0 spiro atoms. The molecule has 1 rings (SSSR count). The fourth-order valence-electron chi connectivity index (χ4n) is 2.32. The van der Waals surface area contributed by atoms with Gasteiger partial charge in [-0.15, -0.1) is 0 Å². The summed E-state index contributed by atoms with van der Waals surface area (Å²) in [6.45, 7) is 9.89. The van der Waals surface area contributed by atoms with Crippen LogP contribution in [0.15, 0.2) is 18.2 Å². The molecule has 0 aliphatic carbocycles. The number of benzene rings is 1. The number of hydrogen-bond donors (Lipinski definition) is 1. The first-order valence-electron chi connectivity index (χ1n) is 7.10. The first-order chi connectivity index (χ1) is 8.94. The molecule has 1 N–H and O–H groups in total. The summed E-state index contributed by atoms with van der Waals surface area (Å²) in [5.41, 5.74) is 1.40. The van der Waals surface area contributed by atoms with E-state index in [1.54, 1.807) is 0 Å². The lowest BCUT2D eigenvalue weighted by Gasteiger charge is -2.33. The number of hydrogen-bond acceptors (Lipinski definition) is 1. The van der Waals surface area contributed by atoms with Crippen molar-refractivity contribution in [1.29, 1.82) is 0 Å². The van der Waals surface area contributed by atoms with Crippen molar-refractivity contribution in [2.75, 3.05) is 6.54 Å². The van der Waals surface area contributed by atoms with E-state index in [9.17, 15) is 0 Å². The van der Waals surface area contributed by atoms with Crippen LogP contribution in [0.2, 0.25) is 10.0 Å². The van der Waals surface area contributed by atoms with Crippen LogP contribution in [0.1, 0.15) is 46.1 Å². The topological polar surface area (TPSA) is 12.0 Å². The lowest BCUT2D eigenvalue weighted by molar-refractivity contribution is 0.239. The van der Waals surface area contributed by atoms with Crippen LogP contribution in [-0.4, -0.2) is 12.6 Å². The van der Waals surface area contributed by atoms with Gasteiger partial charge in [0.2, 0.25) is 0 Å². The predicted octanol–water partition coefficient (Wildman–Crippen LogP) is 5.34. The van der Waals surface area contributed by atoms with Gasteiger partial charge in [0.1, 0.15) is 0 Å². The van der Waals surface area contributed by atoms with Crippen LogP contribution in [0.3, 0.4) is 0 Å². The Bertz CT molecular complexity index is 398. The van der Waals surface area contributed by atoms with E-state index in [2.05, 4.69) is 39.1 Å². The molecule has 3 heteroatoms.